The van der Waals surface area contributed by atoms with Crippen LogP contribution in [0.1, 0.15) is 12.8 Å². The zero-order chi connectivity index (χ0) is 22.0. The van der Waals surface area contributed by atoms with Gasteiger partial charge in [-0.05, 0) is 12.8 Å². The van der Waals surface area contributed by atoms with Crippen molar-refractivity contribution >= 4 is 35.4 Å². The number of hydrogen-bond acceptors (Lipinski definition) is 6. The molecule has 0 spiro atoms. The predicted molar refractivity (Wildman–Crippen MR) is 103 cm³/mol. The van der Waals surface area contributed by atoms with E-state index in [9.17, 15) is 19.2 Å². The summed E-state index contributed by atoms with van der Waals surface area (Å²) in [6.07, 6.45) is 4.14. The number of carboxylic acid groups (broad SMARTS) is 2. The molecule has 2 aromatic heterocycles. The third-order valence-corrected chi connectivity index (χ3v) is 4.96. The molecule has 2 aliphatic heterocycles. The van der Waals surface area contributed by atoms with E-state index in [4.69, 9.17) is 10.2 Å². The van der Waals surface area contributed by atoms with E-state index >= 15 is 0 Å². The van der Waals surface area contributed by atoms with E-state index in [1.54, 1.807) is 48.0 Å². The Morgan fingerprint density at radius 3 is 1.43 bits per heavy atom. The molecule has 160 valence electrons. The molecule has 12 nitrogen and oxygen atoms in total. The highest BCUT2D eigenvalue weighted by Crippen LogP contribution is 2.24. The number of anilines is 2. The molecule has 4 rings (SSSR count). The largest absolute Gasteiger partial charge is 0.481 e. The van der Waals surface area contributed by atoms with Gasteiger partial charge in [-0.25, -0.2) is 0 Å². The van der Waals surface area contributed by atoms with E-state index in [-0.39, 0.29) is 11.8 Å². The Labute approximate surface area is 171 Å². The molecule has 0 aromatic carbocycles. The Kier molecular flexibility index (Phi) is 5.85. The van der Waals surface area contributed by atoms with Gasteiger partial charge in [-0.3, -0.25) is 38.3 Å². The molecule has 2 N–H and O–H groups in total. The number of aromatic nitrogens is 4. The SMILES string of the molecule is Cn1ccc(N2CCC(C(=O)O)C2=O)n1.Cn1ccc(N2CCC(C(=O)O)C2=O)n1. The second-order valence-corrected chi connectivity index (χ2v) is 7.03. The van der Waals surface area contributed by atoms with E-state index in [1.165, 1.54) is 9.80 Å². The van der Waals surface area contributed by atoms with Crippen LogP contribution in [0.25, 0.3) is 0 Å². The fourth-order valence-electron chi connectivity index (χ4n) is 3.37. The average Bonchev–Trinajstić information content (AvgIpc) is 3.43. The van der Waals surface area contributed by atoms with E-state index in [0.29, 0.717) is 37.6 Å². The zero-order valence-corrected chi connectivity index (χ0v) is 16.5. The van der Waals surface area contributed by atoms with Crippen molar-refractivity contribution in [3.63, 3.8) is 0 Å². The summed E-state index contributed by atoms with van der Waals surface area (Å²) in [6, 6.07) is 3.39. The third kappa shape index (κ3) is 4.16. The Morgan fingerprint density at radius 2 is 1.20 bits per heavy atom. The lowest BCUT2D eigenvalue weighted by Gasteiger charge is -2.11. The highest BCUT2D eigenvalue weighted by Gasteiger charge is 2.39. The lowest BCUT2D eigenvalue weighted by molar-refractivity contribution is -0.146. The molecule has 0 aliphatic carbocycles. The molecule has 2 fully saturated rings. The van der Waals surface area contributed by atoms with Crippen LogP contribution in [0.4, 0.5) is 11.6 Å². The van der Waals surface area contributed by atoms with Gasteiger partial charge >= 0.3 is 11.9 Å². The lowest BCUT2D eigenvalue weighted by atomic mass is 10.1. The van der Waals surface area contributed by atoms with Crippen molar-refractivity contribution in [1.29, 1.82) is 0 Å². The second kappa shape index (κ2) is 8.35. The molecule has 4 heterocycles. The van der Waals surface area contributed by atoms with Crippen LogP contribution in [0.3, 0.4) is 0 Å². The highest BCUT2D eigenvalue weighted by molar-refractivity contribution is 6.07. The van der Waals surface area contributed by atoms with Crippen LogP contribution >= 0.6 is 0 Å². The van der Waals surface area contributed by atoms with Crippen molar-refractivity contribution in [2.75, 3.05) is 22.9 Å². The van der Waals surface area contributed by atoms with Gasteiger partial charge in [0.25, 0.3) is 0 Å². The summed E-state index contributed by atoms with van der Waals surface area (Å²) in [4.78, 5) is 47.6. The minimum Gasteiger partial charge on any atom is -0.481 e. The Morgan fingerprint density at radius 1 is 0.833 bits per heavy atom. The van der Waals surface area contributed by atoms with E-state index in [0.717, 1.165) is 0 Å². The van der Waals surface area contributed by atoms with Gasteiger partial charge in [0.1, 0.15) is 11.8 Å². The molecule has 0 saturated carbocycles. The van der Waals surface area contributed by atoms with Crippen molar-refractivity contribution in [1.82, 2.24) is 19.6 Å². The predicted octanol–water partition coefficient (Wildman–Crippen LogP) is -0.285. The molecule has 12 heteroatoms. The van der Waals surface area contributed by atoms with Crippen LogP contribution in [0.15, 0.2) is 24.5 Å². The number of amides is 2. The van der Waals surface area contributed by atoms with Crippen molar-refractivity contribution < 1.29 is 29.4 Å². The number of rotatable bonds is 4. The molecule has 2 atom stereocenters. The topological polar surface area (TPSA) is 151 Å². The summed E-state index contributed by atoms with van der Waals surface area (Å²) in [7, 11) is 3.50. The zero-order valence-electron chi connectivity index (χ0n) is 16.5. The number of nitrogens with zero attached hydrogens (tertiary/aromatic N) is 6. The molecule has 2 amide bonds. The first-order chi connectivity index (χ1) is 14.2. The van der Waals surface area contributed by atoms with Gasteiger partial charge in [0.05, 0.1) is 0 Å². The van der Waals surface area contributed by atoms with Gasteiger partial charge in [0, 0.05) is 51.7 Å². The number of carboxylic acids is 2. The monoisotopic (exact) mass is 418 g/mol. The molecule has 2 aromatic rings. The first-order valence-corrected chi connectivity index (χ1v) is 9.26. The average molecular weight is 418 g/mol. The minimum absolute atomic E-state index is 0.352. The lowest BCUT2D eigenvalue weighted by Crippen LogP contribution is -2.30. The molecular weight excluding hydrogens is 396 g/mol. The van der Waals surface area contributed by atoms with Gasteiger partial charge in [-0.2, -0.15) is 10.2 Å². The molecular formula is C18H22N6O6. The van der Waals surface area contributed by atoms with E-state index in [1.807, 2.05) is 0 Å². The van der Waals surface area contributed by atoms with Crippen molar-refractivity contribution in [2.45, 2.75) is 12.8 Å². The molecule has 2 saturated heterocycles. The number of carbonyl (C=O) groups is 4. The number of carbonyl (C=O) groups excluding carboxylic acids is 2. The Hall–Kier alpha value is -3.70. The van der Waals surface area contributed by atoms with Gasteiger partial charge in [-0.15, -0.1) is 0 Å². The summed E-state index contributed by atoms with van der Waals surface area (Å²) < 4.78 is 3.16. The first-order valence-electron chi connectivity index (χ1n) is 9.26. The number of hydrogen-bond donors (Lipinski definition) is 2. The van der Waals surface area contributed by atoms with Crippen molar-refractivity contribution in [2.24, 2.45) is 25.9 Å². The van der Waals surface area contributed by atoms with E-state index < -0.39 is 23.8 Å². The van der Waals surface area contributed by atoms with Crippen LogP contribution in [0.2, 0.25) is 0 Å². The third-order valence-electron chi connectivity index (χ3n) is 4.96. The normalized spacial score (nSPS) is 21.0. The van der Waals surface area contributed by atoms with Crippen molar-refractivity contribution in [3.8, 4) is 0 Å². The number of aliphatic carboxylic acids is 2. The standard InChI is InChI=1S/2C9H11N3O3/c2*1-11-4-3-7(10-11)12-5-2-6(8(12)13)9(14)15/h2*3-4,6H,2,5H2,1H3,(H,14,15). The molecule has 0 radical (unpaired) electrons. The molecule has 0 bridgehead atoms. The summed E-state index contributed by atoms with van der Waals surface area (Å²) in [5.41, 5.74) is 0. The summed E-state index contributed by atoms with van der Waals surface area (Å²) in [6.45, 7) is 0.847. The van der Waals surface area contributed by atoms with E-state index in [2.05, 4.69) is 10.2 Å². The fraction of sp³-hybridized carbons (Fsp3) is 0.444. The summed E-state index contributed by atoms with van der Waals surface area (Å²) in [5, 5.41) is 25.7. The summed E-state index contributed by atoms with van der Waals surface area (Å²) >= 11 is 0. The maximum absolute atomic E-state index is 11.7. The molecule has 30 heavy (non-hydrogen) atoms. The second-order valence-electron chi connectivity index (χ2n) is 7.03. The van der Waals surface area contributed by atoms with Gasteiger partial charge in [0.2, 0.25) is 11.8 Å². The quantitative estimate of drug-likeness (QED) is 0.643. The van der Waals surface area contributed by atoms with Crippen LogP contribution < -0.4 is 9.80 Å². The Balaban J connectivity index is 0.000000171. The summed E-state index contributed by atoms with van der Waals surface area (Å²) in [5.74, 6) is -3.64. The van der Waals surface area contributed by atoms with Crippen LogP contribution in [0, 0.1) is 11.8 Å². The van der Waals surface area contributed by atoms with Crippen LogP contribution in [-0.2, 0) is 33.3 Å². The van der Waals surface area contributed by atoms with Crippen molar-refractivity contribution in [3.05, 3.63) is 24.5 Å². The van der Waals surface area contributed by atoms with Crippen LogP contribution in [0.5, 0.6) is 0 Å². The molecule has 2 unspecified atom stereocenters. The Bertz CT molecular complexity index is 903. The van der Waals surface area contributed by atoms with Gasteiger partial charge in [-0.1, -0.05) is 0 Å². The smallest absolute Gasteiger partial charge is 0.316 e. The first kappa shape index (κ1) is 21.0. The van der Waals surface area contributed by atoms with Crippen LogP contribution in [-0.4, -0.2) is 66.6 Å². The highest BCUT2D eigenvalue weighted by atomic mass is 16.4. The van der Waals surface area contributed by atoms with Gasteiger partial charge in [0.15, 0.2) is 11.6 Å². The minimum atomic E-state index is -1.06. The maximum Gasteiger partial charge on any atom is 0.316 e. The molecule has 2 aliphatic rings. The fourth-order valence-corrected chi connectivity index (χ4v) is 3.37. The number of aryl methyl sites for hydroxylation is 2. The maximum atomic E-state index is 11.7. The van der Waals surface area contributed by atoms with Gasteiger partial charge < -0.3 is 10.2 Å².